The van der Waals surface area contributed by atoms with Crippen LogP contribution in [0.25, 0.3) is 15.7 Å². The van der Waals surface area contributed by atoms with Crippen molar-refractivity contribution in [1.82, 2.24) is 9.78 Å². The normalized spacial score (nSPS) is 12.6. The molecule has 0 unspecified atom stereocenters. The summed E-state index contributed by atoms with van der Waals surface area (Å²) < 4.78 is 2.88. The van der Waals surface area contributed by atoms with Crippen LogP contribution in [0.15, 0.2) is 22.7 Å². The second-order valence-corrected chi connectivity index (χ2v) is 7.58. The summed E-state index contributed by atoms with van der Waals surface area (Å²) >= 11 is 3.49. The quantitative estimate of drug-likeness (QED) is 0.848. The van der Waals surface area contributed by atoms with Gasteiger partial charge in [-0.25, -0.2) is 6.57 Å². The summed E-state index contributed by atoms with van der Waals surface area (Å²) in [6, 6.07) is 5.98. The summed E-state index contributed by atoms with van der Waals surface area (Å²) in [6.45, 7) is 15.9. The first kappa shape index (κ1) is 16.0. The molecule has 0 aliphatic rings. The number of aliphatic hydroxyl groups excluding tert-OH is 1. The minimum Gasteiger partial charge on any atom is -0.396 e. The van der Waals surface area contributed by atoms with Gasteiger partial charge in [-0.3, -0.25) is 4.68 Å². The fourth-order valence-corrected chi connectivity index (χ4v) is 2.58. The van der Waals surface area contributed by atoms with Crippen LogP contribution in [-0.2, 0) is 12.1 Å². The molecule has 4 nitrogen and oxygen atoms in total. The summed E-state index contributed by atoms with van der Waals surface area (Å²) in [5.74, 6) is 0. The Labute approximate surface area is 133 Å². The van der Waals surface area contributed by atoms with Gasteiger partial charge in [0.15, 0.2) is 5.69 Å². The molecule has 0 amide bonds. The molecule has 0 spiro atoms. The van der Waals surface area contributed by atoms with Crippen molar-refractivity contribution in [2.75, 3.05) is 6.61 Å². The van der Waals surface area contributed by atoms with E-state index in [0.717, 1.165) is 21.1 Å². The molecule has 1 heterocycles. The van der Waals surface area contributed by atoms with Crippen LogP contribution >= 0.6 is 15.9 Å². The molecule has 21 heavy (non-hydrogen) atoms. The highest BCUT2D eigenvalue weighted by molar-refractivity contribution is 9.10. The Morgan fingerprint density at radius 3 is 2.57 bits per heavy atom. The van der Waals surface area contributed by atoms with Gasteiger partial charge in [-0.05, 0) is 18.2 Å². The number of nitrogens with zero attached hydrogens (tertiary/aromatic N) is 3. The zero-order chi connectivity index (χ0) is 15.8. The minimum atomic E-state index is -0.666. The summed E-state index contributed by atoms with van der Waals surface area (Å²) in [4.78, 5) is 3.71. The van der Waals surface area contributed by atoms with E-state index < -0.39 is 5.54 Å². The van der Waals surface area contributed by atoms with E-state index in [1.54, 1.807) is 0 Å². The summed E-state index contributed by atoms with van der Waals surface area (Å²) in [5.41, 5.74) is 0.841. The lowest BCUT2D eigenvalue weighted by molar-refractivity contribution is 0.138. The highest BCUT2D eigenvalue weighted by Crippen LogP contribution is 2.33. The smallest absolute Gasteiger partial charge is 0.270 e. The number of aliphatic hydroxyl groups is 1. The van der Waals surface area contributed by atoms with Gasteiger partial charge in [0.25, 0.3) is 5.54 Å². The molecule has 2 aromatic rings. The van der Waals surface area contributed by atoms with E-state index in [9.17, 15) is 5.11 Å². The third-order valence-electron chi connectivity index (χ3n) is 3.58. The lowest BCUT2D eigenvalue weighted by atomic mass is 9.95. The van der Waals surface area contributed by atoms with Gasteiger partial charge in [-0.2, -0.15) is 5.10 Å². The van der Waals surface area contributed by atoms with Gasteiger partial charge in [0.1, 0.15) is 0 Å². The standard InChI is InChI=1S/C16H20BrN3O/c1-15(2,10-21)9-20-13-8-11(17)6-7-12(13)14(19-20)16(3,4)18-5/h6-8,21H,9-10H2,1-4H3. The predicted octanol–water partition coefficient (Wildman–Crippen LogP) is 3.97. The molecule has 0 bridgehead atoms. The van der Waals surface area contributed by atoms with Crippen LogP contribution < -0.4 is 0 Å². The van der Waals surface area contributed by atoms with Crippen LogP contribution in [0, 0.1) is 12.0 Å². The van der Waals surface area contributed by atoms with Crippen LogP contribution in [0.5, 0.6) is 0 Å². The molecule has 0 aliphatic carbocycles. The number of rotatable bonds is 4. The Morgan fingerprint density at radius 1 is 1.33 bits per heavy atom. The molecule has 0 atom stereocenters. The summed E-state index contributed by atoms with van der Waals surface area (Å²) in [5, 5.41) is 15.2. The summed E-state index contributed by atoms with van der Waals surface area (Å²) in [7, 11) is 0. The monoisotopic (exact) mass is 349 g/mol. The zero-order valence-electron chi connectivity index (χ0n) is 12.8. The summed E-state index contributed by atoms with van der Waals surface area (Å²) in [6.07, 6.45) is 0. The first-order valence-corrected chi connectivity index (χ1v) is 7.65. The lowest BCUT2D eigenvalue weighted by Gasteiger charge is -2.21. The van der Waals surface area contributed by atoms with Crippen molar-refractivity contribution in [3.05, 3.63) is 39.8 Å². The van der Waals surface area contributed by atoms with Gasteiger partial charge in [-0.1, -0.05) is 29.8 Å². The van der Waals surface area contributed by atoms with Crippen molar-refractivity contribution in [2.45, 2.75) is 39.8 Å². The van der Waals surface area contributed by atoms with Crippen molar-refractivity contribution in [3.63, 3.8) is 0 Å². The Morgan fingerprint density at radius 2 is 2.00 bits per heavy atom. The van der Waals surface area contributed by atoms with E-state index in [1.165, 1.54) is 0 Å². The molecule has 2 rings (SSSR count). The van der Waals surface area contributed by atoms with Crippen molar-refractivity contribution in [2.24, 2.45) is 5.41 Å². The first-order valence-electron chi connectivity index (χ1n) is 6.86. The average Bonchev–Trinajstić information content (AvgIpc) is 2.77. The van der Waals surface area contributed by atoms with Gasteiger partial charge in [0.2, 0.25) is 0 Å². The molecule has 1 aromatic heterocycles. The van der Waals surface area contributed by atoms with E-state index in [-0.39, 0.29) is 12.0 Å². The van der Waals surface area contributed by atoms with Crippen molar-refractivity contribution < 1.29 is 5.11 Å². The Kier molecular flexibility index (Phi) is 4.14. The van der Waals surface area contributed by atoms with E-state index in [4.69, 9.17) is 6.57 Å². The maximum Gasteiger partial charge on any atom is 0.270 e. The number of hydrogen-bond donors (Lipinski definition) is 1. The van der Waals surface area contributed by atoms with E-state index in [1.807, 2.05) is 50.6 Å². The fraction of sp³-hybridized carbons (Fsp3) is 0.500. The van der Waals surface area contributed by atoms with Crippen LogP contribution in [-0.4, -0.2) is 21.5 Å². The van der Waals surface area contributed by atoms with Crippen molar-refractivity contribution >= 4 is 26.8 Å². The number of hydrogen-bond acceptors (Lipinski definition) is 2. The molecular weight excluding hydrogens is 330 g/mol. The van der Waals surface area contributed by atoms with Crippen LogP contribution in [0.4, 0.5) is 0 Å². The van der Waals surface area contributed by atoms with E-state index in [0.29, 0.717) is 6.54 Å². The van der Waals surface area contributed by atoms with Gasteiger partial charge in [0.05, 0.1) is 5.52 Å². The van der Waals surface area contributed by atoms with E-state index >= 15 is 0 Å². The third-order valence-corrected chi connectivity index (χ3v) is 4.07. The highest BCUT2D eigenvalue weighted by Gasteiger charge is 2.33. The molecular formula is C16H20BrN3O. The van der Waals surface area contributed by atoms with Gasteiger partial charge < -0.3 is 9.95 Å². The van der Waals surface area contributed by atoms with Gasteiger partial charge in [-0.15, -0.1) is 0 Å². The van der Waals surface area contributed by atoms with Crippen LogP contribution in [0.2, 0.25) is 0 Å². The molecule has 112 valence electrons. The molecule has 0 radical (unpaired) electrons. The highest BCUT2D eigenvalue weighted by atomic mass is 79.9. The second-order valence-electron chi connectivity index (χ2n) is 6.66. The Hall–Kier alpha value is -1.38. The number of fused-ring (bicyclic) bond motifs is 1. The predicted molar refractivity (Wildman–Crippen MR) is 87.9 cm³/mol. The maximum atomic E-state index is 9.50. The topological polar surface area (TPSA) is 42.4 Å². The van der Waals surface area contributed by atoms with E-state index in [2.05, 4.69) is 25.9 Å². The minimum absolute atomic E-state index is 0.0872. The fourth-order valence-electron chi connectivity index (χ4n) is 2.23. The Bertz CT molecular complexity index is 710. The van der Waals surface area contributed by atoms with Gasteiger partial charge >= 0.3 is 0 Å². The molecule has 0 fully saturated rings. The molecule has 1 N–H and O–H groups in total. The number of aromatic nitrogens is 2. The van der Waals surface area contributed by atoms with Crippen molar-refractivity contribution in [1.29, 1.82) is 0 Å². The first-order chi connectivity index (χ1) is 9.70. The molecule has 0 saturated heterocycles. The largest absolute Gasteiger partial charge is 0.396 e. The third kappa shape index (κ3) is 3.12. The number of halogens is 1. The van der Waals surface area contributed by atoms with Crippen LogP contribution in [0.1, 0.15) is 33.4 Å². The SMILES string of the molecule is [C-]#[N+]C(C)(C)c1nn(CC(C)(C)CO)c2cc(Br)ccc12. The molecule has 0 aliphatic heterocycles. The second kappa shape index (κ2) is 5.43. The Balaban J connectivity index is 2.67. The van der Waals surface area contributed by atoms with Gasteiger partial charge in [0, 0.05) is 42.3 Å². The zero-order valence-corrected chi connectivity index (χ0v) is 14.4. The molecule has 5 heteroatoms. The maximum absolute atomic E-state index is 9.50. The molecule has 1 aromatic carbocycles. The van der Waals surface area contributed by atoms with Crippen molar-refractivity contribution in [3.8, 4) is 0 Å². The van der Waals surface area contributed by atoms with Crippen LogP contribution in [0.3, 0.4) is 0 Å². The molecule has 0 saturated carbocycles. The average molecular weight is 350 g/mol. The lowest BCUT2D eigenvalue weighted by Crippen LogP contribution is -2.25. The number of benzene rings is 1.